The van der Waals surface area contributed by atoms with Crippen LogP contribution < -0.4 is 0 Å². The van der Waals surface area contributed by atoms with Gasteiger partial charge in [0.05, 0.1) is 17.3 Å². The van der Waals surface area contributed by atoms with Crippen LogP contribution in [0.15, 0.2) is 58.8 Å². The van der Waals surface area contributed by atoms with Gasteiger partial charge in [0, 0.05) is 16.5 Å². The Balaban J connectivity index is 1.93. The third-order valence-electron chi connectivity index (χ3n) is 2.91. The van der Waals surface area contributed by atoms with E-state index >= 15 is 0 Å². The second-order valence-electron chi connectivity index (χ2n) is 4.39. The Morgan fingerprint density at radius 3 is 2.65 bits per heavy atom. The number of aliphatic hydroxyl groups excluding tert-OH is 1. The zero-order valence-corrected chi connectivity index (χ0v) is 11.7. The van der Waals surface area contributed by atoms with Crippen LogP contribution in [-0.4, -0.2) is 20.1 Å². The molecule has 100 valence electrons. The number of aliphatic hydroxyl groups is 1. The monoisotopic (exact) mass is 283 g/mol. The van der Waals surface area contributed by atoms with Crippen molar-refractivity contribution >= 4 is 22.7 Å². The minimum absolute atomic E-state index is 0.547. The van der Waals surface area contributed by atoms with E-state index in [1.165, 1.54) is 0 Å². The molecule has 2 heterocycles. The van der Waals surface area contributed by atoms with Gasteiger partial charge in [-0.1, -0.05) is 30.0 Å². The Morgan fingerprint density at radius 2 is 1.90 bits per heavy atom. The molecule has 0 amide bonds. The predicted octanol–water partition coefficient (Wildman–Crippen LogP) is 3.23. The first-order chi connectivity index (χ1) is 9.74. The van der Waals surface area contributed by atoms with Crippen molar-refractivity contribution in [2.24, 2.45) is 0 Å². The minimum atomic E-state index is -0.547. The molecule has 0 saturated carbocycles. The van der Waals surface area contributed by atoms with Crippen LogP contribution in [0.4, 0.5) is 0 Å². The molecule has 5 heteroatoms. The molecular weight excluding hydrogens is 270 g/mol. The van der Waals surface area contributed by atoms with Gasteiger partial charge in [-0.15, -0.1) is 0 Å². The summed E-state index contributed by atoms with van der Waals surface area (Å²) in [5.41, 5.74) is 1.60. The Bertz CT molecular complexity index is 723. The van der Waals surface area contributed by atoms with Gasteiger partial charge in [0.15, 0.2) is 0 Å². The zero-order chi connectivity index (χ0) is 13.9. The molecule has 0 saturated heterocycles. The van der Waals surface area contributed by atoms with E-state index in [4.69, 9.17) is 0 Å². The average molecular weight is 283 g/mol. The Hall–Kier alpha value is -1.98. The molecule has 1 N–H and O–H groups in total. The molecule has 0 bridgehead atoms. The quantitative estimate of drug-likeness (QED) is 0.748. The van der Waals surface area contributed by atoms with Crippen LogP contribution in [-0.2, 0) is 0 Å². The fourth-order valence-electron chi connectivity index (χ4n) is 1.87. The van der Waals surface area contributed by atoms with Crippen molar-refractivity contribution in [3.8, 4) is 0 Å². The van der Waals surface area contributed by atoms with Crippen molar-refractivity contribution in [3.05, 3.63) is 54.6 Å². The van der Waals surface area contributed by atoms with Gasteiger partial charge in [0.1, 0.15) is 11.4 Å². The number of pyridine rings is 1. The maximum Gasteiger partial charge on any atom is 0.117 e. The normalized spacial score (nSPS) is 12.5. The highest BCUT2D eigenvalue weighted by molar-refractivity contribution is 7.99. The number of rotatable bonds is 3. The highest BCUT2D eigenvalue weighted by Gasteiger charge is 2.07. The number of hydrogen-bond donors (Lipinski definition) is 1. The summed E-state index contributed by atoms with van der Waals surface area (Å²) in [6.07, 6.45) is 2.78. The lowest BCUT2D eigenvalue weighted by molar-refractivity contribution is 0.194. The smallest absolute Gasteiger partial charge is 0.117 e. The van der Waals surface area contributed by atoms with Crippen LogP contribution in [0.25, 0.3) is 10.9 Å². The van der Waals surface area contributed by atoms with Crippen molar-refractivity contribution < 1.29 is 5.11 Å². The summed E-state index contributed by atoms with van der Waals surface area (Å²) in [4.78, 5) is 13.8. The van der Waals surface area contributed by atoms with Crippen LogP contribution >= 0.6 is 11.8 Å². The van der Waals surface area contributed by atoms with E-state index in [0.29, 0.717) is 5.69 Å². The molecule has 3 aromatic rings. The molecule has 0 aliphatic rings. The summed E-state index contributed by atoms with van der Waals surface area (Å²) in [5, 5.41) is 11.4. The van der Waals surface area contributed by atoms with Gasteiger partial charge >= 0.3 is 0 Å². The lowest BCUT2D eigenvalue weighted by Crippen LogP contribution is -1.94. The highest BCUT2D eigenvalue weighted by atomic mass is 32.2. The summed E-state index contributed by atoms with van der Waals surface area (Å²) in [5.74, 6) is 0. The molecular formula is C15H13N3OS. The van der Waals surface area contributed by atoms with Gasteiger partial charge in [-0.3, -0.25) is 4.98 Å². The second kappa shape index (κ2) is 5.56. The number of fused-ring (bicyclic) bond motifs is 1. The van der Waals surface area contributed by atoms with Gasteiger partial charge in [-0.05, 0) is 25.1 Å². The summed E-state index contributed by atoms with van der Waals surface area (Å²) in [7, 11) is 0. The van der Waals surface area contributed by atoms with Crippen molar-refractivity contribution in [1.82, 2.24) is 15.0 Å². The molecule has 0 radical (unpaired) electrons. The van der Waals surface area contributed by atoms with Crippen LogP contribution in [0.1, 0.15) is 18.7 Å². The van der Waals surface area contributed by atoms with E-state index in [1.807, 2.05) is 36.4 Å². The van der Waals surface area contributed by atoms with Crippen LogP contribution in [0.2, 0.25) is 0 Å². The lowest BCUT2D eigenvalue weighted by atomic mass is 10.2. The maximum atomic E-state index is 9.46. The molecule has 0 aliphatic heterocycles. The fraction of sp³-hybridized carbons (Fsp3) is 0.133. The van der Waals surface area contributed by atoms with E-state index in [9.17, 15) is 5.11 Å². The van der Waals surface area contributed by atoms with E-state index in [-0.39, 0.29) is 0 Å². The van der Waals surface area contributed by atoms with Gasteiger partial charge in [0.2, 0.25) is 0 Å². The number of benzene rings is 1. The van der Waals surface area contributed by atoms with E-state index in [0.717, 1.165) is 20.8 Å². The first-order valence-electron chi connectivity index (χ1n) is 6.25. The molecule has 2 aromatic heterocycles. The molecule has 0 aliphatic carbocycles. The molecule has 0 fully saturated rings. The highest BCUT2D eigenvalue weighted by Crippen LogP contribution is 2.30. The summed E-state index contributed by atoms with van der Waals surface area (Å²) < 4.78 is 0. The lowest BCUT2D eigenvalue weighted by Gasteiger charge is -2.06. The van der Waals surface area contributed by atoms with Crippen molar-refractivity contribution in [2.45, 2.75) is 22.9 Å². The van der Waals surface area contributed by atoms with Crippen molar-refractivity contribution in [2.75, 3.05) is 0 Å². The van der Waals surface area contributed by atoms with E-state index < -0.39 is 6.10 Å². The molecule has 1 atom stereocenters. The summed E-state index contributed by atoms with van der Waals surface area (Å²) >= 11 is 1.54. The van der Waals surface area contributed by atoms with Gasteiger partial charge in [-0.25, -0.2) is 9.97 Å². The Morgan fingerprint density at radius 1 is 1.05 bits per heavy atom. The van der Waals surface area contributed by atoms with Gasteiger partial charge in [-0.2, -0.15) is 0 Å². The first kappa shape index (κ1) is 13.0. The first-order valence-corrected chi connectivity index (χ1v) is 7.07. The van der Waals surface area contributed by atoms with E-state index in [2.05, 4.69) is 15.0 Å². The topological polar surface area (TPSA) is 58.9 Å². The number of nitrogens with zero attached hydrogens (tertiary/aromatic N) is 3. The minimum Gasteiger partial charge on any atom is -0.387 e. The molecule has 20 heavy (non-hydrogen) atoms. The largest absolute Gasteiger partial charge is 0.387 e. The SMILES string of the molecule is CC(O)c1ccc(Sc2ncnc3ccccc23)cn1. The van der Waals surface area contributed by atoms with Crippen molar-refractivity contribution in [1.29, 1.82) is 0 Å². The van der Waals surface area contributed by atoms with Gasteiger partial charge < -0.3 is 5.11 Å². The fourth-order valence-corrected chi connectivity index (χ4v) is 2.72. The molecule has 1 aromatic carbocycles. The number of hydrogen-bond acceptors (Lipinski definition) is 5. The van der Waals surface area contributed by atoms with E-state index in [1.54, 1.807) is 31.2 Å². The standard InChI is InChI=1S/C15H13N3OS/c1-10(19)13-7-6-11(8-16-13)20-15-12-4-2-3-5-14(12)17-9-18-15/h2-10,19H,1H3. The molecule has 4 nitrogen and oxygen atoms in total. The maximum absolute atomic E-state index is 9.46. The third-order valence-corrected chi connectivity index (χ3v) is 3.90. The van der Waals surface area contributed by atoms with Crippen molar-refractivity contribution in [3.63, 3.8) is 0 Å². The summed E-state index contributed by atoms with van der Waals surface area (Å²) in [6.45, 7) is 1.70. The summed E-state index contributed by atoms with van der Waals surface area (Å²) in [6, 6.07) is 11.7. The zero-order valence-electron chi connectivity index (χ0n) is 10.9. The third kappa shape index (κ3) is 2.64. The second-order valence-corrected chi connectivity index (χ2v) is 5.45. The Labute approximate surface area is 120 Å². The predicted molar refractivity (Wildman–Crippen MR) is 78.5 cm³/mol. The molecule has 3 rings (SSSR count). The number of aromatic nitrogens is 3. The number of para-hydroxylation sites is 1. The van der Waals surface area contributed by atoms with Crippen LogP contribution in [0.5, 0.6) is 0 Å². The average Bonchev–Trinajstić information content (AvgIpc) is 2.48. The Kier molecular flexibility index (Phi) is 3.62. The van der Waals surface area contributed by atoms with Crippen LogP contribution in [0, 0.1) is 0 Å². The van der Waals surface area contributed by atoms with Gasteiger partial charge in [0.25, 0.3) is 0 Å². The molecule has 1 unspecified atom stereocenters. The molecule has 0 spiro atoms. The van der Waals surface area contributed by atoms with Crippen LogP contribution in [0.3, 0.4) is 0 Å².